The summed E-state index contributed by atoms with van der Waals surface area (Å²) in [4.78, 5) is 8.23. The zero-order valence-corrected chi connectivity index (χ0v) is 10.5. The number of halogens is 1. The van der Waals surface area contributed by atoms with Crippen LogP contribution in [-0.2, 0) is 6.54 Å². The average Bonchev–Trinajstić information content (AvgIpc) is 2.32. The van der Waals surface area contributed by atoms with Gasteiger partial charge in [0.25, 0.3) is 0 Å². The summed E-state index contributed by atoms with van der Waals surface area (Å²) in [5.41, 5.74) is 3.23. The number of benzene rings is 1. The van der Waals surface area contributed by atoms with Crippen LogP contribution in [0.1, 0.15) is 11.3 Å². The van der Waals surface area contributed by atoms with E-state index in [1.54, 1.807) is 18.6 Å². The molecule has 0 spiro atoms. The molecule has 0 aliphatic rings. The van der Waals surface area contributed by atoms with Crippen molar-refractivity contribution in [3.05, 3.63) is 52.5 Å². The van der Waals surface area contributed by atoms with Crippen LogP contribution in [0.2, 0.25) is 0 Å². The van der Waals surface area contributed by atoms with E-state index < -0.39 is 0 Å². The largest absolute Gasteiger partial charge is 0.378 e. The molecule has 2 aromatic rings. The minimum absolute atomic E-state index is 0.676. The molecule has 0 amide bonds. The summed E-state index contributed by atoms with van der Waals surface area (Å²) in [5, 5.41) is 3.32. The molecule has 0 aliphatic carbocycles. The van der Waals surface area contributed by atoms with Crippen molar-refractivity contribution in [3.63, 3.8) is 0 Å². The lowest BCUT2D eigenvalue weighted by Gasteiger charge is -2.08. The van der Waals surface area contributed by atoms with Gasteiger partial charge in [-0.15, -0.1) is 0 Å². The van der Waals surface area contributed by atoms with Crippen LogP contribution < -0.4 is 5.32 Å². The lowest BCUT2D eigenvalue weighted by Crippen LogP contribution is -2.02. The molecule has 0 unspecified atom stereocenters. The van der Waals surface area contributed by atoms with Crippen molar-refractivity contribution < 1.29 is 0 Å². The number of nitrogens with zero attached hydrogens (tertiary/aromatic N) is 2. The Morgan fingerprint density at radius 1 is 1.31 bits per heavy atom. The van der Waals surface area contributed by atoms with Crippen molar-refractivity contribution in [2.45, 2.75) is 13.5 Å². The lowest BCUT2D eigenvalue weighted by molar-refractivity contribution is 1.01. The highest BCUT2D eigenvalue weighted by atomic mass is 79.9. The molecule has 0 fully saturated rings. The van der Waals surface area contributed by atoms with Gasteiger partial charge in [-0.3, -0.25) is 9.97 Å². The first-order valence-corrected chi connectivity index (χ1v) is 5.80. The lowest BCUT2D eigenvalue weighted by atomic mass is 10.2. The zero-order valence-electron chi connectivity index (χ0n) is 8.94. The van der Waals surface area contributed by atoms with E-state index >= 15 is 0 Å². The molecule has 0 atom stereocenters. The fraction of sp³-hybridized carbons (Fsp3) is 0.167. The second-order valence-electron chi connectivity index (χ2n) is 3.53. The summed E-state index contributed by atoms with van der Waals surface area (Å²) < 4.78 is 1.06. The fourth-order valence-electron chi connectivity index (χ4n) is 1.38. The third-order valence-corrected chi connectivity index (χ3v) is 2.89. The van der Waals surface area contributed by atoms with Gasteiger partial charge in [-0.1, -0.05) is 6.07 Å². The highest BCUT2D eigenvalue weighted by Crippen LogP contribution is 2.23. The van der Waals surface area contributed by atoms with Gasteiger partial charge in [0.1, 0.15) is 0 Å². The number of nitrogens with one attached hydrogen (secondary N) is 1. The van der Waals surface area contributed by atoms with Crippen LogP contribution in [0.25, 0.3) is 0 Å². The number of aromatic nitrogens is 2. The standard InChI is InChI=1S/C12H12BrN3/c1-9-2-3-11(13)12(6-9)16-8-10-7-14-4-5-15-10/h2-7,16H,8H2,1H3. The molecule has 0 bridgehead atoms. The molecule has 1 aromatic heterocycles. The van der Waals surface area contributed by atoms with Gasteiger partial charge in [-0.2, -0.15) is 0 Å². The molecule has 1 heterocycles. The van der Waals surface area contributed by atoms with Crippen molar-refractivity contribution in [2.75, 3.05) is 5.32 Å². The number of hydrogen-bond acceptors (Lipinski definition) is 3. The van der Waals surface area contributed by atoms with Crippen LogP contribution in [0.3, 0.4) is 0 Å². The first-order chi connectivity index (χ1) is 7.75. The summed E-state index contributed by atoms with van der Waals surface area (Å²) in [7, 11) is 0. The molecule has 82 valence electrons. The van der Waals surface area contributed by atoms with E-state index in [9.17, 15) is 0 Å². The van der Waals surface area contributed by atoms with Gasteiger partial charge < -0.3 is 5.32 Å². The maximum absolute atomic E-state index is 4.21. The average molecular weight is 278 g/mol. The summed E-state index contributed by atoms with van der Waals surface area (Å²) in [5.74, 6) is 0. The SMILES string of the molecule is Cc1ccc(Br)c(NCc2cnccn2)c1. The normalized spacial score (nSPS) is 10.1. The van der Waals surface area contributed by atoms with Crippen LogP contribution in [0.15, 0.2) is 41.3 Å². The van der Waals surface area contributed by atoms with Gasteiger partial charge in [0, 0.05) is 22.6 Å². The summed E-state index contributed by atoms with van der Waals surface area (Å²) >= 11 is 3.51. The van der Waals surface area contributed by atoms with E-state index in [4.69, 9.17) is 0 Å². The predicted octanol–water partition coefficient (Wildman–Crippen LogP) is 3.16. The maximum Gasteiger partial charge on any atom is 0.0777 e. The summed E-state index contributed by atoms with van der Waals surface area (Å²) in [6.45, 7) is 2.75. The van der Waals surface area contributed by atoms with E-state index in [-0.39, 0.29) is 0 Å². The van der Waals surface area contributed by atoms with Crippen molar-refractivity contribution >= 4 is 21.6 Å². The smallest absolute Gasteiger partial charge is 0.0777 e. The molecule has 1 N–H and O–H groups in total. The Morgan fingerprint density at radius 3 is 2.94 bits per heavy atom. The van der Waals surface area contributed by atoms with Gasteiger partial charge in [0.15, 0.2) is 0 Å². The van der Waals surface area contributed by atoms with Crippen molar-refractivity contribution in [1.29, 1.82) is 0 Å². The minimum Gasteiger partial charge on any atom is -0.378 e. The van der Waals surface area contributed by atoms with Crippen molar-refractivity contribution in [3.8, 4) is 0 Å². The monoisotopic (exact) mass is 277 g/mol. The highest BCUT2D eigenvalue weighted by molar-refractivity contribution is 9.10. The predicted molar refractivity (Wildman–Crippen MR) is 68.2 cm³/mol. The number of anilines is 1. The third kappa shape index (κ3) is 2.79. The molecule has 0 saturated carbocycles. The van der Waals surface area contributed by atoms with E-state index in [1.165, 1.54) is 5.56 Å². The van der Waals surface area contributed by atoms with Crippen molar-refractivity contribution in [1.82, 2.24) is 9.97 Å². The Bertz CT molecular complexity index is 471. The first kappa shape index (κ1) is 11.1. The molecule has 2 rings (SSSR count). The second kappa shape index (κ2) is 5.07. The van der Waals surface area contributed by atoms with E-state index in [0.29, 0.717) is 6.54 Å². The zero-order chi connectivity index (χ0) is 11.4. The Hall–Kier alpha value is -1.42. The molecule has 1 aromatic carbocycles. The number of hydrogen-bond donors (Lipinski definition) is 1. The summed E-state index contributed by atoms with van der Waals surface area (Å²) in [6, 6.07) is 6.20. The van der Waals surface area contributed by atoms with Crippen molar-refractivity contribution in [2.24, 2.45) is 0 Å². The molecule has 0 saturated heterocycles. The topological polar surface area (TPSA) is 37.8 Å². The van der Waals surface area contributed by atoms with Gasteiger partial charge in [-0.25, -0.2) is 0 Å². The Labute approximate surface area is 103 Å². The van der Waals surface area contributed by atoms with Gasteiger partial charge >= 0.3 is 0 Å². The van der Waals surface area contributed by atoms with E-state index in [1.807, 2.05) is 6.07 Å². The van der Waals surface area contributed by atoms with Crippen LogP contribution in [0.5, 0.6) is 0 Å². The summed E-state index contributed by atoms with van der Waals surface area (Å²) in [6.07, 6.45) is 5.13. The minimum atomic E-state index is 0.676. The quantitative estimate of drug-likeness (QED) is 0.937. The van der Waals surface area contributed by atoms with Gasteiger partial charge in [-0.05, 0) is 40.5 Å². The van der Waals surface area contributed by atoms with E-state index in [0.717, 1.165) is 15.9 Å². The molecular weight excluding hydrogens is 266 g/mol. The molecule has 16 heavy (non-hydrogen) atoms. The third-order valence-electron chi connectivity index (χ3n) is 2.20. The molecule has 4 heteroatoms. The number of rotatable bonds is 3. The van der Waals surface area contributed by atoms with Gasteiger partial charge in [0.05, 0.1) is 18.4 Å². The van der Waals surface area contributed by atoms with Gasteiger partial charge in [0.2, 0.25) is 0 Å². The molecular formula is C12H12BrN3. The Balaban J connectivity index is 2.08. The maximum atomic E-state index is 4.21. The fourth-order valence-corrected chi connectivity index (χ4v) is 1.77. The Kier molecular flexibility index (Phi) is 3.51. The molecule has 0 aliphatic heterocycles. The first-order valence-electron chi connectivity index (χ1n) is 5.00. The van der Waals surface area contributed by atoms with Crippen LogP contribution >= 0.6 is 15.9 Å². The highest BCUT2D eigenvalue weighted by Gasteiger charge is 2.00. The number of aryl methyl sites for hydroxylation is 1. The molecule has 0 radical (unpaired) electrons. The Morgan fingerprint density at radius 2 is 2.19 bits per heavy atom. The van der Waals surface area contributed by atoms with Crippen LogP contribution in [-0.4, -0.2) is 9.97 Å². The van der Waals surface area contributed by atoms with E-state index in [2.05, 4.69) is 50.3 Å². The van der Waals surface area contributed by atoms with Crippen LogP contribution in [0, 0.1) is 6.92 Å². The van der Waals surface area contributed by atoms with Crippen LogP contribution in [0.4, 0.5) is 5.69 Å². The second-order valence-corrected chi connectivity index (χ2v) is 4.39. The molecule has 3 nitrogen and oxygen atoms in total.